The Morgan fingerprint density at radius 2 is 2.40 bits per heavy atom. The molecule has 2 aromatic rings. The number of hydrogen-bond donors (Lipinski definition) is 1. The van der Waals surface area contributed by atoms with Gasteiger partial charge in [-0.05, 0) is 6.07 Å². The van der Waals surface area contributed by atoms with Gasteiger partial charge in [-0.2, -0.15) is 0 Å². The summed E-state index contributed by atoms with van der Waals surface area (Å²) in [6.07, 6.45) is 3.47. The maximum atomic E-state index is 8.91. The first-order valence-corrected chi connectivity index (χ1v) is 5.34. The molecule has 0 atom stereocenters. The van der Waals surface area contributed by atoms with Gasteiger partial charge in [0.1, 0.15) is 5.01 Å². The SMILES string of the molecule is C=C(c1cccnc1)c1nc(CO)cs1. The van der Waals surface area contributed by atoms with Gasteiger partial charge in [0.25, 0.3) is 0 Å². The normalized spacial score (nSPS) is 10.2. The predicted molar refractivity (Wildman–Crippen MR) is 60.4 cm³/mol. The van der Waals surface area contributed by atoms with Gasteiger partial charge >= 0.3 is 0 Å². The molecular formula is C11H10N2OS. The van der Waals surface area contributed by atoms with Gasteiger partial charge in [-0.1, -0.05) is 12.6 Å². The van der Waals surface area contributed by atoms with Crippen molar-refractivity contribution >= 4 is 16.9 Å². The standard InChI is InChI=1S/C11H10N2OS/c1-8(9-3-2-4-12-5-9)11-13-10(6-14)7-15-11/h2-5,7,14H,1,6H2. The zero-order valence-electron chi connectivity index (χ0n) is 8.05. The van der Waals surface area contributed by atoms with Crippen LogP contribution < -0.4 is 0 Å². The summed E-state index contributed by atoms with van der Waals surface area (Å²) in [5.74, 6) is 0. The lowest BCUT2D eigenvalue weighted by molar-refractivity contribution is 0.277. The molecule has 0 aliphatic rings. The van der Waals surface area contributed by atoms with Crippen LogP contribution >= 0.6 is 11.3 Å². The molecule has 0 saturated heterocycles. The molecule has 0 aromatic carbocycles. The summed E-state index contributed by atoms with van der Waals surface area (Å²) in [5, 5.41) is 11.6. The van der Waals surface area contributed by atoms with E-state index in [0.29, 0.717) is 5.69 Å². The second-order valence-electron chi connectivity index (χ2n) is 3.02. The third-order valence-corrected chi connectivity index (χ3v) is 2.93. The van der Waals surface area contributed by atoms with Crippen molar-refractivity contribution in [1.82, 2.24) is 9.97 Å². The number of aliphatic hydroxyl groups excluding tert-OH is 1. The molecule has 0 amide bonds. The number of thiazole rings is 1. The molecule has 1 N–H and O–H groups in total. The van der Waals surface area contributed by atoms with E-state index in [0.717, 1.165) is 16.1 Å². The zero-order chi connectivity index (χ0) is 10.7. The Morgan fingerprint density at radius 3 is 3.00 bits per heavy atom. The van der Waals surface area contributed by atoms with Gasteiger partial charge in [0, 0.05) is 28.9 Å². The quantitative estimate of drug-likeness (QED) is 0.858. The van der Waals surface area contributed by atoms with E-state index in [-0.39, 0.29) is 6.61 Å². The Balaban J connectivity index is 2.29. The maximum Gasteiger partial charge on any atom is 0.123 e. The predicted octanol–water partition coefficient (Wildman–Crippen LogP) is 2.09. The first-order valence-electron chi connectivity index (χ1n) is 4.46. The molecule has 2 heterocycles. The van der Waals surface area contributed by atoms with Gasteiger partial charge in [-0.3, -0.25) is 4.98 Å². The van der Waals surface area contributed by atoms with Gasteiger partial charge in [-0.25, -0.2) is 4.98 Å². The first kappa shape index (κ1) is 10.0. The van der Waals surface area contributed by atoms with Crippen LogP contribution in [0.3, 0.4) is 0 Å². The molecule has 0 aliphatic carbocycles. The fourth-order valence-electron chi connectivity index (χ4n) is 1.18. The Morgan fingerprint density at radius 1 is 1.53 bits per heavy atom. The van der Waals surface area contributed by atoms with Crippen molar-refractivity contribution < 1.29 is 5.11 Å². The summed E-state index contributed by atoms with van der Waals surface area (Å²) in [6.45, 7) is 3.94. The Labute approximate surface area is 91.8 Å². The molecule has 3 nitrogen and oxygen atoms in total. The van der Waals surface area contributed by atoms with Crippen molar-refractivity contribution in [3.8, 4) is 0 Å². The number of pyridine rings is 1. The summed E-state index contributed by atoms with van der Waals surface area (Å²) in [4.78, 5) is 8.27. The molecule has 0 spiro atoms. The summed E-state index contributed by atoms with van der Waals surface area (Å²) in [5.41, 5.74) is 2.48. The van der Waals surface area contributed by atoms with E-state index in [9.17, 15) is 0 Å². The molecule has 2 rings (SSSR count). The van der Waals surface area contributed by atoms with Crippen molar-refractivity contribution in [3.05, 3.63) is 52.8 Å². The minimum atomic E-state index is -0.0309. The van der Waals surface area contributed by atoms with Crippen LogP contribution in [0.4, 0.5) is 0 Å². The molecule has 0 aliphatic heterocycles. The number of rotatable bonds is 3. The molecule has 0 fully saturated rings. The lowest BCUT2D eigenvalue weighted by atomic mass is 10.1. The van der Waals surface area contributed by atoms with Crippen LogP contribution in [0, 0.1) is 0 Å². The molecule has 15 heavy (non-hydrogen) atoms. The van der Waals surface area contributed by atoms with Gasteiger partial charge in [-0.15, -0.1) is 11.3 Å². The van der Waals surface area contributed by atoms with Crippen molar-refractivity contribution in [2.75, 3.05) is 0 Å². The highest BCUT2D eigenvalue weighted by Crippen LogP contribution is 2.23. The molecule has 0 radical (unpaired) electrons. The van der Waals surface area contributed by atoms with Gasteiger partial charge in [0.05, 0.1) is 12.3 Å². The van der Waals surface area contributed by atoms with Crippen LogP contribution in [0.15, 0.2) is 36.5 Å². The van der Waals surface area contributed by atoms with Crippen molar-refractivity contribution in [1.29, 1.82) is 0 Å². The van der Waals surface area contributed by atoms with Gasteiger partial charge < -0.3 is 5.11 Å². The van der Waals surface area contributed by atoms with E-state index >= 15 is 0 Å². The lowest BCUT2D eigenvalue weighted by Gasteiger charge is -2.00. The first-order chi connectivity index (χ1) is 7.31. The maximum absolute atomic E-state index is 8.91. The lowest BCUT2D eigenvalue weighted by Crippen LogP contribution is -1.88. The molecule has 4 heteroatoms. The second kappa shape index (κ2) is 4.33. The largest absolute Gasteiger partial charge is 0.390 e. The Bertz CT molecular complexity index is 464. The third-order valence-electron chi connectivity index (χ3n) is 1.98. The summed E-state index contributed by atoms with van der Waals surface area (Å²) < 4.78 is 0. The average molecular weight is 218 g/mol. The minimum Gasteiger partial charge on any atom is -0.390 e. The van der Waals surface area contributed by atoms with E-state index in [1.165, 1.54) is 11.3 Å². The average Bonchev–Trinajstić information content (AvgIpc) is 2.78. The highest BCUT2D eigenvalue weighted by atomic mass is 32.1. The second-order valence-corrected chi connectivity index (χ2v) is 3.88. The van der Waals surface area contributed by atoms with E-state index in [1.54, 1.807) is 12.4 Å². The van der Waals surface area contributed by atoms with E-state index in [2.05, 4.69) is 16.5 Å². The molecule has 0 saturated carbocycles. The third kappa shape index (κ3) is 2.11. The smallest absolute Gasteiger partial charge is 0.123 e. The van der Waals surface area contributed by atoms with Crippen molar-refractivity contribution in [2.45, 2.75) is 6.61 Å². The number of nitrogens with zero attached hydrogens (tertiary/aromatic N) is 2. The monoisotopic (exact) mass is 218 g/mol. The van der Waals surface area contributed by atoms with Crippen LogP contribution in [-0.2, 0) is 6.61 Å². The molecule has 0 unspecified atom stereocenters. The highest BCUT2D eigenvalue weighted by molar-refractivity contribution is 7.10. The Hall–Kier alpha value is -1.52. The molecule has 76 valence electrons. The van der Waals surface area contributed by atoms with Crippen molar-refractivity contribution in [3.63, 3.8) is 0 Å². The van der Waals surface area contributed by atoms with Crippen LogP contribution in [0.2, 0.25) is 0 Å². The van der Waals surface area contributed by atoms with E-state index in [4.69, 9.17) is 5.11 Å². The molecular weight excluding hydrogens is 208 g/mol. The van der Waals surface area contributed by atoms with E-state index in [1.807, 2.05) is 17.5 Å². The van der Waals surface area contributed by atoms with Crippen LogP contribution in [0.1, 0.15) is 16.3 Å². The number of aliphatic hydroxyl groups is 1. The van der Waals surface area contributed by atoms with Gasteiger partial charge in [0.2, 0.25) is 0 Å². The Kier molecular flexibility index (Phi) is 2.89. The summed E-state index contributed by atoms with van der Waals surface area (Å²) in [6, 6.07) is 3.80. The molecule has 0 bridgehead atoms. The zero-order valence-corrected chi connectivity index (χ0v) is 8.87. The van der Waals surface area contributed by atoms with Crippen LogP contribution in [0.25, 0.3) is 5.57 Å². The van der Waals surface area contributed by atoms with Gasteiger partial charge in [0.15, 0.2) is 0 Å². The van der Waals surface area contributed by atoms with Crippen LogP contribution in [0.5, 0.6) is 0 Å². The summed E-state index contributed by atoms with van der Waals surface area (Å²) in [7, 11) is 0. The fourth-order valence-corrected chi connectivity index (χ4v) is 1.99. The highest BCUT2D eigenvalue weighted by Gasteiger charge is 2.06. The minimum absolute atomic E-state index is 0.0309. The van der Waals surface area contributed by atoms with E-state index < -0.39 is 0 Å². The summed E-state index contributed by atoms with van der Waals surface area (Å²) >= 11 is 1.48. The fraction of sp³-hybridized carbons (Fsp3) is 0.0909. The number of hydrogen-bond acceptors (Lipinski definition) is 4. The number of aromatic nitrogens is 2. The van der Waals surface area contributed by atoms with Crippen molar-refractivity contribution in [2.24, 2.45) is 0 Å². The topological polar surface area (TPSA) is 46.0 Å². The molecule has 2 aromatic heterocycles. The van der Waals surface area contributed by atoms with Crippen LogP contribution in [-0.4, -0.2) is 15.1 Å².